The van der Waals surface area contributed by atoms with Crippen molar-refractivity contribution in [1.29, 1.82) is 0 Å². The van der Waals surface area contributed by atoms with Gasteiger partial charge in [0.05, 0.1) is 5.01 Å². The molecule has 0 saturated carbocycles. The number of nitrogens with zero attached hydrogens (tertiary/aromatic N) is 1. The van der Waals surface area contributed by atoms with Crippen molar-refractivity contribution in [2.24, 2.45) is 11.7 Å². The highest BCUT2D eigenvalue weighted by molar-refractivity contribution is 7.09. The van der Waals surface area contributed by atoms with E-state index in [-0.39, 0.29) is 17.9 Å². The predicted octanol–water partition coefficient (Wildman–Crippen LogP) is 1.74. The van der Waals surface area contributed by atoms with Gasteiger partial charge in [-0.1, -0.05) is 20.8 Å². The molecule has 0 radical (unpaired) electrons. The van der Waals surface area contributed by atoms with Crippen LogP contribution in [-0.4, -0.2) is 23.5 Å². The molecule has 5 heteroatoms. The first-order valence-corrected chi connectivity index (χ1v) is 6.80. The Balaban J connectivity index is 2.29. The number of hydrogen-bond acceptors (Lipinski definition) is 4. The highest BCUT2D eigenvalue weighted by atomic mass is 32.1. The topological polar surface area (TPSA) is 68.0 Å². The Hall–Kier alpha value is -0.940. The fourth-order valence-electron chi connectivity index (χ4n) is 1.35. The van der Waals surface area contributed by atoms with E-state index in [1.165, 1.54) is 0 Å². The Bertz CT molecular complexity index is 338. The second-order valence-corrected chi connectivity index (χ2v) is 5.61. The van der Waals surface area contributed by atoms with Crippen LogP contribution in [0.15, 0.2) is 11.6 Å². The highest BCUT2D eigenvalue weighted by Gasteiger charge is 2.14. The van der Waals surface area contributed by atoms with Crippen LogP contribution >= 0.6 is 11.3 Å². The van der Waals surface area contributed by atoms with Crippen LogP contribution in [0.1, 0.15) is 38.1 Å². The van der Waals surface area contributed by atoms with Crippen LogP contribution in [0.4, 0.5) is 0 Å². The van der Waals surface area contributed by atoms with Gasteiger partial charge in [-0.05, 0) is 5.92 Å². The van der Waals surface area contributed by atoms with E-state index in [1.54, 1.807) is 17.5 Å². The van der Waals surface area contributed by atoms with Crippen molar-refractivity contribution in [3.8, 4) is 0 Å². The molecule has 1 aromatic rings. The van der Waals surface area contributed by atoms with Gasteiger partial charge < -0.3 is 11.1 Å². The Morgan fingerprint density at radius 3 is 2.76 bits per heavy atom. The Morgan fingerprint density at radius 1 is 1.53 bits per heavy atom. The molecule has 2 unspecified atom stereocenters. The van der Waals surface area contributed by atoms with E-state index in [4.69, 9.17) is 5.73 Å². The SMILES string of the molecule is CC(CNC(=O)CC(N)C(C)C)c1nccs1. The number of nitrogens with two attached hydrogens (primary N) is 1. The third-order valence-electron chi connectivity index (χ3n) is 2.76. The molecule has 0 fully saturated rings. The summed E-state index contributed by atoms with van der Waals surface area (Å²) in [6.45, 7) is 6.73. The molecule has 2 atom stereocenters. The molecule has 96 valence electrons. The molecule has 4 nitrogen and oxygen atoms in total. The molecule has 1 amide bonds. The summed E-state index contributed by atoms with van der Waals surface area (Å²) >= 11 is 1.61. The van der Waals surface area contributed by atoms with Gasteiger partial charge >= 0.3 is 0 Å². The van der Waals surface area contributed by atoms with E-state index in [0.29, 0.717) is 18.9 Å². The number of rotatable bonds is 6. The van der Waals surface area contributed by atoms with E-state index in [0.717, 1.165) is 5.01 Å². The zero-order chi connectivity index (χ0) is 12.8. The molecule has 0 saturated heterocycles. The van der Waals surface area contributed by atoms with Crippen LogP contribution in [0.25, 0.3) is 0 Å². The number of hydrogen-bond donors (Lipinski definition) is 2. The van der Waals surface area contributed by atoms with Gasteiger partial charge in [-0.3, -0.25) is 4.79 Å². The fourth-order valence-corrected chi connectivity index (χ4v) is 2.05. The van der Waals surface area contributed by atoms with Gasteiger partial charge in [0, 0.05) is 36.5 Å². The summed E-state index contributed by atoms with van der Waals surface area (Å²) in [5, 5.41) is 5.91. The van der Waals surface area contributed by atoms with Crippen molar-refractivity contribution in [3.63, 3.8) is 0 Å². The Morgan fingerprint density at radius 2 is 2.24 bits per heavy atom. The minimum absolute atomic E-state index is 0.0228. The van der Waals surface area contributed by atoms with Crippen LogP contribution in [0.5, 0.6) is 0 Å². The van der Waals surface area contributed by atoms with E-state index in [1.807, 2.05) is 19.2 Å². The van der Waals surface area contributed by atoms with Crippen molar-refractivity contribution < 1.29 is 4.79 Å². The average molecular weight is 255 g/mol. The predicted molar refractivity (Wildman–Crippen MR) is 71.0 cm³/mol. The minimum Gasteiger partial charge on any atom is -0.355 e. The van der Waals surface area contributed by atoms with E-state index < -0.39 is 0 Å². The molecule has 1 heterocycles. The highest BCUT2D eigenvalue weighted by Crippen LogP contribution is 2.16. The monoisotopic (exact) mass is 255 g/mol. The molecule has 0 aliphatic carbocycles. The average Bonchev–Trinajstić information content (AvgIpc) is 2.79. The third kappa shape index (κ3) is 4.83. The van der Waals surface area contributed by atoms with Crippen LogP contribution in [0, 0.1) is 5.92 Å². The van der Waals surface area contributed by atoms with Crippen LogP contribution < -0.4 is 11.1 Å². The molecule has 1 rings (SSSR count). The maximum atomic E-state index is 11.6. The smallest absolute Gasteiger partial charge is 0.221 e. The number of thiazole rings is 1. The van der Waals surface area contributed by atoms with Crippen LogP contribution in [0.3, 0.4) is 0 Å². The summed E-state index contributed by atoms with van der Waals surface area (Å²) < 4.78 is 0. The summed E-state index contributed by atoms with van der Waals surface area (Å²) in [5.74, 6) is 0.612. The number of carbonyl (C=O) groups is 1. The molecule has 17 heavy (non-hydrogen) atoms. The molecule has 0 aromatic carbocycles. The quantitative estimate of drug-likeness (QED) is 0.813. The maximum absolute atomic E-state index is 11.6. The third-order valence-corrected chi connectivity index (χ3v) is 3.76. The van der Waals surface area contributed by atoms with Gasteiger partial charge in [-0.25, -0.2) is 4.98 Å². The first-order valence-electron chi connectivity index (χ1n) is 5.92. The Labute approximate surface area is 107 Å². The molecule has 0 aliphatic heterocycles. The first kappa shape index (κ1) is 14.1. The van der Waals surface area contributed by atoms with Gasteiger partial charge in [-0.2, -0.15) is 0 Å². The van der Waals surface area contributed by atoms with Gasteiger partial charge in [-0.15, -0.1) is 11.3 Å². The summed E-state index contributed by atoms with van der Waals surface area (Å²) in [7, 11) is 0. The molecule has 1 aromatic heterocycles. The van der Waals surface area contributed by atoms with Crippen molar-refractivity contribution in [2.45, 2.75) is 39.2 Å². The number of amides is 1. The minimum atomic E-state index is -0.0647. The molecule has 3 N–H and O–H groups in total. The molecular weight excluding hydrogens is 234 g/mol. The largest absolute Gasteiger partial charge is 0.355 e. The van der Waals surface area contributed by atoms with Crippen molar-refractivity contribution in [1.82, 2.24) is 10.3 Å². The second kappa shape index (κ2) is 6.71. The number of carbonyl (C=O) groups excluding carboxylic acids is 1. The zero-order valence-electron chi connectivity index (χ0n) is 10.6. The van der Waals surface area contributed by atoms with E-state index in [2.05, 4.69) is 17.2 Å². The van der Waals surface area contributed by atoms with Crippen LogP contribution in [-0.2, 0) is 4.79 Å². The Kier molecular flexibility index (Phi) is 5.58. The summed E-state index contributed by atoms with van der Waals surface area (Å²) in [4.78, 5) is 15.8. The van der Waals surface area contributed by atoms with Crippen LogP contribution in [0.2, 0.25) is 0 Å². The van der Waals surface area contributed by atoms with Gasteiger partial charge in [0.25, 0.3) is 0 Å². The van der Waals surface area contributed by atoms with E-state index in [9.17, 15) is 4.79 Å². The molecular formula is C12H21N3OS. The van der Waals surface area contributed by atoms with Crippen molar-refractivity contribution in [2.75, 3.05) is 6.54 Å². The lowest BCUT2D eigenvalue weighted by Gasteiger charge is -2.16. The van der Waals surface area contributed by atoms with E-state index >= 15 is 0 Å². The summed E-state index contributed by atoms with van der Waals surface area (Å²) in [5.41, 5.74) is 5.85. The standard InChI is InChI=1S/C12H21N3OS/c1-8(2)10(13)6-11(16)15-7-9(3)12-14-4-5-17-12/h4-5,8-10H,6-7,13H2,1-3H3,(H,15,16). The lowest BCUT2D eigenvalue weighted by molar-refractivity contribution is -0.121. The van der Waals surface area contributed by atoms with Gasteiger partial charge in [0.15, 0.2) is 0 Å². The summed E-state index contributed by atoms with van der Waals surface area (Å²) in [6.07, 6.45) is 2.18. The number of aromatic nitrogens is 1. The lowest BCUT2D eigenvalue weighted by Crippen LogP contribution is -2.36. The van der Waals surface area contributed by atoms with Gasteiger partial charge in [0.2, 0.25) is 5.91 Å². The van der Waals surface area contributed by atoms with Gasteiger partial charge in [0.1, 0.15) is 0 Å². The van der Waals surface area contributed by atoms with Crippen molar-refractivity contribution >= 4 is 17.2 Å². The molecule has 0 aliphatic rings. The summed E-state index contributed by atoms with van der Waals surface area (Å²) in [6, 6.07) is -0.0647. The number of nitrogens with one attached hydrogen (secondary N) is 1. The van der Waals surface area contributed by atoms with Crippen molar-refractivity contribution in [3.05, 3.63) is 16.6 Å². The first-order chi connectivity index (χ1) is 8.00. The molecule has 0 bridgehead atoms. The lowest BCUT2D eigenvalue weighted by atomic mass is 10.0. The zero-order valence-corrected chi connectivity index (χ0v) is 11.5. The maximum Gasteiger partial charge on any atom is 0.221 e. The molecule has 0 spiro atoms. The fraction of sp³-hybridized carbons (Fsp3) is 0.667. The normalized spacial score (nSPS) is 14.6. The second-order valence-electron chi connectivity index (χ2n) is 4.69.